The average molecular weight is 189 g/mol. The van der Waals surface area contributed by atoms with E-state index in [1.165, 1.54) is 25.7 Å². The minimum Gasteiger partial charge on any atom is -0.422 e. The third-order valence-electron chi connectivity index (χ3n) is 2.13. The quantitative estimate of drug-likeness (QED) is 0.617. The van der Waals surface area contributed by atoms with Gasteiger partial charge >= 0.3 is 0 Å². The minimum absolute atomic E-state index is 1.10. The normalized spacial score (nSPS) is 13.8. The van der Waals surface area contributed by atoms with Gasteiger partial charge in [-0.3, -0.25) is 0 Å². The first-order valence-electron chi connectivity index (χ1n) is 5.14. The maximum Gasteiger partial charge on any atom is 0.248 e. The summed E-state index contributed by atoms with van der Waals surface area (Å²) in [6, 6.07) is 0. The Labute approximate surface area is 78.4 Å². The molecular formula is C9H23NOSi. The van der Waals surface area contributed by atoms with E-state index in [1.807, 2.05) is 6.55 Å². The number of rotatable bonds is 7. The molecule has 0 aliphatic carbocycles. The highest BCUT2D eigenvalue weighted by Crippen LogP contribution is 2.00. The zero-order chi connectivity index (χ0) is 9.40. The molecule has 0 radical (unpaired) electrons. The summed E-state index contributed by atoms with van der Waals surface area (Å²) in [5.74, 6) is 0. The Hall–Kier alpha value is 0.137. The van der Waals surface area contributed by atoms with Crippen LogP contribution in [-0.4, -0.2) is 31.7 Å². The van der Waals surface area contributed by atoms with Crippen LogP contribution in [0.2, 0.25) is 6.55 Å². The van der Waals surface area contributed by atoms with Crippen LogP contribution in [0.25, 0.3) is 0 Å². The molecule has 1 N–H and O–H groups in total. The van der Waals surface area contributed by atoms with E-state index in [-0.39, 0.29) is 0 Å². The zero-order valence-corrected chi connectivity index (χ0v) is 9.87. The summed E-state index contributed by atoms with van der Waals surface area (Å²) in [5.41, 5.74) is 0. The van der Waals surface area contributed by atoms with E-state index in [0.29, 0.717) is 0 Å². The number of hydrogen-bond acceptors (Lipinski definition) is 2. The highest BCUT2D eigenvalue weighted by atomic mass is 28.3. The van der Waals surface area contributed by atoms with Gasteiger partial charge in [0.15, 0.2) is 0 Å². The molecule has 0 aromatic carbocycles. The molecule has 0 rings (SSSR count). The average Bonchev–Trinajstić information content (AvgIpc) is 2.04. The second-order valence-electron chi connectivity index (χ2n) is 3.37. The highest BCUT2D eigenvalue weighted by molar-refractivity contribution is 6.45. The predicted octanol–water partition coefficient (Wildman–Crippen LogP) is 1.73. The molecule has 2 nitrogen and oxygen atoms in total. The topological polar surface area (TPSA) is 23.5 Å². The summed E-state index contributed by atoms with van der Waals surface area (Å²) >= 11 is 0. The van der Waals surface area contributed by atoms with Crippen molar-refractivity contribution in [1.29, 1.82) is 0 Å². The second kappa shape index (κ2) is 7.77. The van der Waals surface area contributed by atoms with Crippen LogP contribution in [0.15, 0.2) is 0 Å². The molecule has 74 valence electrons. The van der Waals surface area contributed by atoms with E-state index in [4.69, 9.17) is 0 Å². The van der Waals surface area contributed by atoms with Gasteiger partial charge in [0, 0.05) is 0 Å². The summed E-state index contributed by atoms with van der Waals surface area (Å²) in [6.07, 6.45) is 4.90. The van der Waals surface area contributed by atoms with Gasteiger partial charge in [-0.15, -0.1) is 0 Å². The Kier molecular flexibility index (Phi) is 7.86. The van der Waals surface area contributed by atoms with E-state index in [0.717, 1.165) is 13.1 Å². The van der Waals surface area contributed by atoms with Crippen molar-refractivity contribution in [3.63, 3.8) is 0 Å². The standard InChI is InChI=1S/C9H23NOSi/c1-4-6-8-10(12(3)11)9-7-5-2/h11-12H,4-9H2,1-3H3. The summed E-state index contributed by atoms with van der Waals surface area (Å²) in [7, 11) is -1.52. The lowest BCUT2D eigenvalue weighted by molar-refractivity contribution is 0.353. The van der Waals surface area contributed by atoms with Gasteiger partial charge in [-0.25, -0.2) is 0 Å². The Bertz CT molecular complexity index is 90.5. The predicted molar refractivity (Wildman–Crippen MR) is 56.6 cm³/mol. The van der Waals surface area contributed by atoms with E-state index in [1.54, 1.807) is 0 Å². The van der Waals surface area contributed by atoms with Crippen molar-refractivity contribution in [1.82, 2.24) is 4.57 Å². The lowest BCUT2D eigenvalue weighted by atomic mass is 10.3. The van der Waals surface area contributed by atoms with Crippen molar-refractivity contribution in [2.75, 3.05) is 13.1 Å². The molecule has 0 saturated carbocycles. The van der Waals surface area contributed by atoms with Crippen molar-refractivity contribution in [3.05, 3.63) is 0 Å². The smallest absolute Gasteiger partial charge is 0.248 e. The Balaban J connectivity index is 3.55. The monoisotopic (exact) mass is 189 g/mol. The lowest BCUT2D eigenvalue weighted by Gasteiger charge is -2.23. The molecule has 0 bridgehead atoms. The Morgan fingerprint density at radius 2 is 1.50 bits per heavy atom. The van der Waals surface area contributed by atoms with Crippen LogP contribution in [0.1, 0.15) is 39.5 Å². The summed E-state index contributed by atoms with van der Waals surface area (Å²) < 4.78 is 2.28. The molecule has 1 unspecified atom stereocenters. The lowest BCUT2D eigenvalue weighted by Crippen LogP contribution is -2.38. The molecule has 3 heteroatoms. The fourth-order valence-electron chi connectivity index (χ4n) is 1.21. The van der Waals surface area contributed by atoms with Crippen LogP contribution in [-0.2, 0) is 0 Å². The highest BCUT2D eigenvalue weighted by Gasteiger charge is 2.10. The molecule has 0 aromatic rings. The fraction of sp³-hybridized carbons (Fsp3) is 1.00. The van der Waals surface area contributed by atoms with Gasteiger partial charge < -0.3 is 9.36 Å². The van der Waals surface area contributed by atoms with Crippen molar-refractivity contribution in [2.45, 2.75) is 46.1 Å². The number of nitrogens with zero attached hydrogens (tertiary/aromatic N) is 1. The van der Waals surface area contributed by atoms with Crippen LogP contribution >= 0.6 is 0 Å². The van der Waals surface area contributed by atoms with Crippen molar-refractivity contribution >= 4 is 9.20 Å². The summed E-state index contributed by atoms with van der Waals surface area (Å²) in [5, 5.41) is 0. The first-order chi connectivity index (χ1) is 5.72. The van der Waals surface area contributed by atoms with Crippen LogP contribution in [0.3, 0.4) is 0 Å². The molecule has 0 amide bonds. The van der Waals surface area contributed by atoms with Gasteiger partial charge in [-0.1, -0.05) is 26.7 Å². The molecule has 0 fully saturated rings. The third kappa shape index (κ3) is 5.74. The van der Waals surface area contributed by atoms with Crippen LogP contribution in [0.5, 0.6) is 0 Å². The maximum atomic E-state index is 9.53. The van der Waals surface area contributed by atoms with Gasteiger partial charge in [0.05, 0.1) is 0 Å². The molecule has 12 heavy (non-hydrogen) atoms. The van der Waals surface area contributed by atoms with Crippen LogP contribution in [0, 0.1) is 0 Å². The van der Waals surface area contributed by atoms with Gasteiger partial charge in [-0.2, -0.15) is 0 Å². The third-order valence-corrected chi connectivity index (χ3v) is 3.70. The Morgan fingerprint density at radius 3 is 1.75 bits per heavy atom. The van der Waals surface area contributed by atoms with E-state index < -0.39 is 9.20 Å². The van der Waals surface area contributed by atoms with E-state index in [2.05, 4.69) is 18.4 Å². The van der Waals surface area contributed by atoms with Gasteiger partial charge in [0.1, 0.15) is 0 Å². The molecular weight excluding hydrogens is 166 g/mol. The van der Waals surface area contributed by atoms with Crippen LogP contribution < -0.4 is 0 Å². The second-order valence-corrected chi connectivity index (χ2v) is 5.37. The van der Waals surface area contributed by atoms with Gasteiger partial charge in [0.2, 0.25) is 9.20 Å². The van der Waals surface area contributed by atoms with Gasteiger partial charge in [0.25, 0.3) is 0 Å². The molecule has 1 atom stereocenters. The molecule has 0 heterocycles. The molecule has 0 aliphatic heterocycles. The Morgan fingerprint density at radius 1 is 1.08 bits per heavy atom. The number of unbranched alkanes of at least 4 members (excludes halogenated alkanes) is 2. The van der Waals surface area contributed by atoms with Crippen LogP contribution in [0.4, 0.5) is 0 Å². The first kappa shape index (κ1) is 12.1. The zero-order valence-electron chi connectivity index (χ0n) is 8.71. The fourth-order valence-corrected chi connectivity index (χ4v) is 2.32. The summed E-state index contributed by atoms with van der Waals surface area (Å²) in [4.78, 5) is 9.53. The van der Waals surface area contributed by atoms with E-state index in [9.17, 15) is 4.80 Å². The largest absolute Gasteiger partial charge is 0.422 e. The maximum absolute atomic E-state index is 9.53. The number of hydrogen-bond donors (Lipinski definition) is 1. The summed E-state index contributed by atoms with van der Waals surface area (Å²) in [6.45, 7) is 8.58. The van der Waals surface area contributed by atoms with E-state index >= 15 is 0 Å². The van der Waals surface area contributed by atoms with Crippen molar-refractivity contribution < 1.29 is 4.80 Å². The van der Waals surface area contributed by atoms with Crippen molar-refractivity contribution in [2.24, 2.45) is 0 Å². The SMILES string of the molecule is CCCCN(CCCC)[SiH](C)O. The first-order valence-corrected chi connectivity index (χ1v) is 7.33. The molecule has 0 saturated heterocycles. The van der Waals surface area contributed by atoms with Gasteiger partial charge in [-0.05, 0) is 32.5 Å². The molecule has 0 aliphatic rings. The van der Waals surface area contributed by atoms with Crippen molar-refractivity contribution in [3.8, 4) is 0 Å². The molecule has 0 spiro atoms. The molecule has 0 aromatic heterocycles. The minimum atomic E-state index is -1.52.